The Balaban J connectivity index is 1.88. The number of rotatable bonds is 7. The van der Waals surface area contributed by atoms with Gasteiger partial charge >= 0.3 is 0 Å². The smallest absolute Gasteiger partial charge is 0.161 e. The summed E-state index contributed by atoms with van der Waals surface area (Å²) in [5, 5.41) is 0.952. The maximum Gasteiger partial charge on any atom is 0.161 e. The number of nitrogens with zero attached hydrogens (tertiary/aromatic N) is 1. The Morgan fingerprint density at radius 1 is 1.04 bits per heavy atom. The van der Waals surface area contributed by atoms with Gasteiger partial charge in [0.25, 0.3) is 0 Å². The van der Waals surface area contributed by atoms with Gasteiger partial charge in [-0.1, -0.05) is 12.1 Å². The van der Waals surface area contributed by atoms with Crippen molar-refractivity contribution in [2.45, 2.75) is 11.8 Å². The molecule has 3 aromatic rings. The molecule has 0 aliphatic carbocycles. The molecule has 0 aliphatic rings. The van der Waals surface area contributed by atoms with Gasteiger partial charge in [0, 0.05) is 6.07 Å². The Morgan fingerprint density at radius 2 is 1.85 bits per heavy atom. The second-order valence-electron chi connectivity index (χ2n) is 5.40. The summed E-state index contributed by atoms with van der Waals surface area (Å²) in [6.45, 7) is 2.57. The zero-order valence-corrected chi connectivity index (χ0v) is 16.9. The zero-order chi connectivity index (χ0) is 18.5. The lowest BCUT2D eigenvalue weighted by Crippen LogP contribution is -1.95. The molecule has 3 rings (SSSR count). The molecule has 1 heterocycles. The molecular weight excluding hydrogens is 366 g/mol. The number of thiazole rings is 1. The predicted molar refractivity (Wildman–Crippen MR) is 111 cm³/mol. The van der Waals surface area contributed by atoms with Gasteiger partial charge in [-0.15, -0.1) is 23.1 Å². The third-order valence-corrected chi connectivity index (χ3v) is 5.56. The van der Waals surface area contributed by atoms with Crippen LogP contribution in [0, 0.1) is 0 Å². The summed E-state index contributed by atoms with van der Waals surface area (Å²) >= 11 is 3.34. The Morgan fingerprint density at radius 3 is 2.54 bits per heavy atom. The van der Waals surface area contributed by atoms with Crippen molar-refractivity contribution in [3.63, 3.8) is 0 Å². The first-order chi connectivity index (χ1) is 12.7. The molecule has 0 unspecified atom stereocenters. The number of hydrogen-bond donors (Lipinski definition) is 0. The fourth-order valence-corrected chi connectivity index (χ4v) is 4.12. The molecule has 0 fully saturated rings. The number of hydrogen-bond acceptors (Lipinski definition) is 6. The zero-order valence-electron chi connectivity index (χ0n) is 15.2. The molecule has 26 heavy (non-hydrogen) atoms. The summed E-state index contributed by atoms with van der Waals surface area (Å²) < 4.78 is 17.5. The molecule has 0 saturated carbocycles. The van der Waals surface area contributed by atoms with E-state index in [1.54, 1.807) is 37.3 Å². The fraction of sp³-hybridized carbons (Fsp3) is 0.250. The van der Waals surface area contributed by atoms with Crippen molar-refractivity contribution in [2.24, 2.45) is 0 Å². The minimum atomic E-state index is 0.610. The lowest BCUT2D eigenvalue weighted by Gasteiger charge is -2.09. The maximum atomic E-state index is 5.56. The number of thioether (sulfide) groups is 1. The summed E-state index contributed by atoms with van der Waals surface area (Å²) in [6, 6.07) is 10.0. The molecule has 0 atom stereocenters. The number of benzene rings is 2. The highest BCUT2D eigenvalue weighted by Crippen LogP contribution is 2.35. The van der Waals surface area contributed by atoms with Gasteiger partial charge in [0.1, 0.15) is 10.8 Å². The van der Waals surface area contributed by atoms with Crippen molar-refractivity contribution in [1.29, 1.82) is 0 Å². The highest BCUT2D eigenvalue weighted by Gasteiger charge is 2.09. The minimum Gasteiger partial charge on any atom is -0.496 e. The second kappa shape index (κ2) is 8.47. The Hall–Kier alpha value is -2.18. The van der Waals surface area contributed by atoms with E-state index in [0.717, 1.165) is 42.9 Å². The van der Waals surface area contributed by atoms with Gasteiger partial charge < -0.3 is 14.2 Å². The summed E-state index contributed by atoms with van der Waals surface area (Å²) in [4.78, 5) is 5.81. The van der Waals surface area contributed by atoms with Crippen molar-refractivity contribution in [3.05, 3.63) is 40.9 Å². The first-order valence-electron chi connectivity index (χ1n) is 8.20. The van der Waals surface area contributed by atoms with Crippen LogP contribution in [0.25, 0.3) is 22.4 Å². The first-order valence-corrected chi connectivity index (χ1v) is 10.2. The predicted octanol–water partition coefficient (Wildman–Crippen LogP) is 5.60. The number of aromatic nitrogens is 1. The SMILES string of the molecule is CCOc1ccc(/C=C/c2nc3cc(OC)c(SC)cc3s2)cc1OC. The fourth-order valence-electron chi connectivity index (χ4n) is 2.57. The van der Waals surface area contributed by atoms with Crippen LogP contribution in [-0.2, 0) is 0 Å². The third kappa shape index (κ3) is 3.97. The quantitative estimate of drug-likeness (QED) is 0.493. The molecule has 6 heteroatoms. The molecule has 1 aromatic heterocycles. The average Bonchev–Trinajstić information content (AvgIpc) is 3.07. The molecule has 0 amide bonds. The normalized spacial score (nSPS) is 11.2. The highest BCUT2D eigenvalue weighted by molar-refractivity contribution is 7.98. The second-order valence-corrected chi connectivity index (χ2v) is 7.31. The van der Waals surface area contributed by atoms with E-state index in [-0.39, 0.29) is 0 Å². The van der Waals surface area contributed by atoms with Crippen molar-refractivity contribution in [3.8, 4) is 17.2 Å². The summed E-state index contributed by atoms with van der Waals surface area (Å²) in [7, 11) is 3.34. The van der Waals surface area contributed by atoms with Gasteiger partial charge in [-0.05, 0) is 43.0 Å². The van der Waals surface area contributed by atoms with Crippen LogP contribution >= 0.6 is 23.1 Å². The molecule has 0 spiro atoms. The van der Waals surface area contributed by atoms with Gasteiger partial charge in [-0.25, -0.2) is 4.98 Å². The number of methoxy groups -OCH3 is 2. The van der Waals surface area contributed by atoms with Gasteiger partial charge in [0.15, 0.2) is 11.5 Å². The van der Waals surface area contributed by atoms with Crippen molar-refractivity contribution in [1.82, 2.24) is 4.98 Å². The summed E-state index contributed by atoms with van der Waals surface area (Å²) in [5.41, 5.74) is 1.99. The van der Waals surface area contributed by atoms with Crippen LogP contribution in [0.15, 0.2) is 35.2 Å². The molecule has 2 aromatic carbocycles. The molecule has 0 bridgehead atoms. The Labute approximate surface area is 161 Å². The topological polar surface area (TPSA) is 40.6 Å². The largest absolute Gasteiger partial charge is 0.496 e. The number of ether oxygens (including phenoxy) is 3. The van der Waals surface area contributed by atoms with E-state index in [0.29, 0.717) is 6.61 Å². The standard InChI is InChI=1S/C20H21NO3S2/c1-5-24-15-8-6-13(10-16(15)22-2)7-9-20-21-14-11-17(23-3)19(25-4)12-18(14)26-20/h6-12H,5H2,1-4H3/b9-7+. The van der Waals surface area contributed by atoms with E-state index in [1.165, 1.54) is 0 Å². The van der Waals surface area contributed by atoms with E-state index in [9.17, 15) is 0 Å². The highest BCUT2D eigenvalue weighted by atomic mass is 32.2. The van der Waals surface area contributed by atoms with Crippen molar-refractivity contribution < 1.29 is 14.2 Å². The Bertz CT molecular complexity index is 893. The van der Waals surface area contributed by atoms with E-state index < -0.39 is 0 Å². The molecule has 4 nitrogen and oxygen atoms in total. The van der Waals surface area contributed by atoms with Crippen LogP contribution in [0.2, 0.25) is 0 Å². The van der Waals surface area contributed by atoms with Gasteiger partial charge in [-0.2, -0.15) is 0 Å². The third-order valence-electron chi connectivity index (χ3n) is 3.82. The van der Waals surface area contributed by atoms with Gasteiger partial charge in [0.2, 0.25) is 0 Å². The molecule has 0 N–H and O–H groups in total. The van der Waals surface area contributed by atoms with E-state index in [2.05, 4.69) is 11.1 Å². The molecule has 0 radical (unpaired) electrons. The van der Waals surface area contributed by atoms with E-state index >= 15 is 0 Å². The van der Waals surface area contributed by atoms with Gasteiger partial charge in [-0.3, -0.25) is 0 Å². The van der Waals surface area contributed by atoms with Crippen LogP contribution < -0.4 is 14.2 Å². The van der Waals surface area contributed by atoms with Crippen molar-refractivity contribution in [2.75, 3.05) is 27.1 Å². The monoisotopic (exact) mass is 387 g/mol. The average molecular weight is 388 g/mol. The molecule has 136 valence electrons. The van der Waals surface area contributed by atoms with E-state index in [1.807, 2.05) is 49.6 Å². The van der Waals surface area contributed by atoms with Crippen LogP contribution in [0.4, 0.5) is 0 Å². The maximum absolute atomic E-state index is 5.56. The van der Waals surface area contributed by atoms with Crippen LogP contribution in [0.5, 0.6) is 17.2 Å². The summed E-state index contributed by atoms with van der Waals surface area (Å²) in [6.07, 6.45) is 6.10. The molecular formula is C20H21NO3S2. The molecule has 0 aliphatic heterocycles. The lowest BCUT2D eigenvalue weighted by atomic mass is 10.2. The first kappa shape index (κ1) is 18.6. The summed E-state index contributed by atoms with van der Waals surface area (Å²) in [5.74, 6) is 2.35. The minimum absolute atomic E-state index is 0.610. The van der Waals surface area contributed by atoms with Crippen LogP contribution in [0.3, 0.4) is 0 Å². The van der Waals surface area contributed by atoms with Gasteiger partial charge in [0.05, 0.1) is 35.9 Å². The van der Waals surface area contributed by atoms with E-state index in [4.69, 9.17) is 14.2 Å². The van der Waals surface area contributed by atoms with Crippen LogP contribution in [0.1, 0.15) is 17.5 Å². The molecule has 0 saturated heterocycles. The lowest BCUT2D eigenvalue weighted by molar-refractivity contribution is 0.311. The van der Waals surface area contributed by atoms with Crippen LogP contribution in [-0.4, -0.2) is 32.1 Å². The van der Waals surface area contributed by atoms with Crippen molar-refractivity contribution >= 4 is 45.5 Å². The Kier molecular flexibility index (Phi) is 6.06. The number of fused-ring (bicyclic) bond motifs is 1.